The number of hydrogen-bond donors (Lipinski definition) is 0. The van der Waals surface area contributed by atoms with Crippen molar-refractivity contribution in [3.63, 3.8) is 0 Å². The molecule has 0 spiro atoms. The Hall–Kier alpha value is -2.11. The standard InChI is InChI=1S/C19H19ClN2O2S/c1-3-6-14-7-4-5-8-17(14)22-18(13-19(20)21-22)15-9-11-16(12-10-15)25(2,23)24/h4-5,7-13H,3,6H2,1-2H3. The number of para-hydroxylation sites is 1. The van der Waals surface area contributed by atoms with Gasteiger partial charge in [-0.1, -0.05) is 55.3 Å². The molecular weight excluding hydrogens is 356 g/mol. The van der Waals surface area contributed by atoms with Crippen molar-refractivity contribution in [2.24, 2.45) is 0 Å². The van der Waals surface area contributed by atoms with Crippen LogP contribution in [-0.2, 0) is 16.3 Å². The lowest BCUT2D eigenvalue weighted by molar-refractivity contribution is 0.602. The molecule has 0 amide bonds. The Morgan fingerprint density at radius 2 is 1.76 bits per heavy atom. The number of sulfone groups is 1. The van der Waals surface area contributed by atoms with Crippen LogP contribution in [0, 0.1) is 0 Å². The van der Waals surface area contributed by atoms with Crippen molar-refractivity contribution in [1.29, 1.82) is 0 Å². The van der Waals surface area contributed by atoms with Crippen LogP contribution in [0.3, 0.4) is 0 Å². The van der Waals surface area contributed by atoms with E-state index >= 15 is 0 Å². The van der Waals surface area contributed by atoms with E-state index in [1.54, 1.807) is 30.3 Å². The van der Waals surface area contributed by atoms with E-state index in [0.29, 0.717) is 10.0 Å². The van der Waals surface area contributed by atoms with E-state index < -0.39 is 9.84 Å². The maximum absolute atomic E-state index is 11.7. The van der Waals surface area contributed by atoms with E-state index in [0.717, 1.165) is 29.8 Å². The topological polar surface area (TPSA) is 52.0 Å². The fraction of sp³-hybridized carbons (Fsp3) is 0.211. The zero-order valence-electron chi connectivity index (χ0n) is 14.1. The van der Waals surface area contributed by atoms with Gasteiger partial charge in [0.05, 0.1) is 16.3 Å². The number of aromatic nitrogens is 2. The van der Waals surface area contributed by atoms with Gasteiger partial charge in [0.1, 0.15) is 0 Å². The molecule has 3 aromatic rings. The first-order valence-corrected chi connectivity index (χ1v) is 10.3. The Morgan fingerprint density at radius 1 is 1.08 bits per heavy atom. The molecule has 1 aromatic heterocycles. The Morgan fingerprint density at radius 3 is 2.40 bits per heavy atom. The molecule has 25 heavy (non-hydrogen) atoms. The molecule has 0 aliphatic heterocycles. The number of halogens is 1. The summed E-state index contributed by atoms with van der Waals surface area (Å²) >= 11 is 6.17. The first-order valence-electron chi connectivity index (χ1n) is 8.04. The summed E-state index contributed by atoms with van der Waals surface area (Å²) in [6.45, 7) is 2.14. The molecule has 0 bridgehead atoms. The average molecular weight is 375 g/mol. The molecule has 0 saturated carbocycles. The number of hydrogen-bond acceptors (Lipinski definition) is 3. The van der Waals surface area contributed by atoms with Gasteiger partial charge in [0.25, 0.3) is 0 Å². The minimum absolute atomic E-state index is 0.291. The van der Waals surface area contributed by atoms with Crippen molar-refractivity contribution in [3.8, 4) is 16.9 Å². The maximum Gasteiger partial charge on any atom is 0.175 e. The summed E-state index contributed by atoms with van der Waals surface area (Å²) < 4.78 is 25.1. The van der Waals surface area contributed by atoms with Crippen LogP contribution in [-0.4, -0.2) is 24.5 Å². The molecule has 0 fully saturated rings. The summed E-state index contributed by atoms with van der Waals surface area (Å²) in [5, 5.41) is 4.83. The van der Waals surface area contributed by atoms with Gasteiger partial charge in [-0.2, -0.15) is 5.10 Å². The van der Waals surface area contributed by atoms with Gasteiger partial charge in [-0.3, -0.25) is 0 Å². The molecule has 6 heteroatoms. The molecule has 0 N–H and O–H groups in total. The van der Waals surface area contributed by atoms with Crippen LogP contribution in [0.1, 0.15) is 18.9 Å². The Kier molecular flexibility index (Phi) is 4.97. The van der Waals surface area contributed by atoms with Gasteiger partial charge in [-0.15, -0.1) is 0 Å². The molecule has 4 nitrogen and oxygen atoms in total. The van der Waals surface area contributed by atoms with Crippen molar-refractivity contribution in [2.75, 3.05) is 6.26 Å². The number of nitrogens with zero attached hydrogens (tertiary/aromatic N) is 2. The quantitative estimate of drug-likeness (QED) is 0.658. The second-order valence-corrected chi connectivity index (χ2v) is 8.34. The Balaban J connectivity index is 2.11. The minimum Gasteiger partial charge on any atom is -0.231 e. The molecule has 3 rings (SSSR count). The second-order valence-electron chi connectivity index (χ2n) is 5.94. The van der Waals surface area contributed by atoms with Crippen molar-refractivity contribution in [1.82, 2.24) is 9.78 Å². The average Bonchev–Trinajstić information content (AvgIpc) is 2.97. The number of rotatable bonds is 5. The van der Waals surface area contributed by atoms with Crippen molar-refractivity contribution in [2.45, 2.75) is 24.7 Å². The van der Waals surface area contributed by atoms with Gasteiger partial charge in [-0.25, -0.2) is 13.1 Å². The van der Waals surface area contributed by atoms with Crippen molar-refractivity contribution < 1.29 is 8.42 Å². The minimum atomic E-state index is -3.22. The van der Waals surface area contributed by atoms with Crippen molar-refractivity contribution in [3.05, 3.63) is 65.3 Å². The summed E-state index contributed by atoms with van der Waals surface area (Å²) in [4.78, 5) is 0.291. The molecule has 0 aliphatic rings. The zero-order chi connectivity index (χ0) is 18.0. The van der Waals surface area contributed by atoms with Crippen LogP contribution in [0.25, 0.3) is 16.9 Å². The van der Waals surface area contributed by atoms with E-state index in [1.165, 1.54) is 11.8 Å². The predicted octanol–water partition coefficient (Wildman–Crippen LogP) is 4.55. The smallest absolute Gasteiger partial charge is 0.175 e. The third-order valence-electron chi connectivity index (χ3n) is 4.00. The molecule has 0 atom stereocenters. The predicted molar refractivity (Wildman–Crippen MR) is 101 cm³/mol. The monoisotopic (exact) mass is 374 g/mol. The lowest BCUT2D eigenvalue weighted by Crippen LogP contribution is -2.03. The summed E-state index contributed by atoms with van der Waals surface area (Å²) in [5.74, 6) is 0. The van der Waals surface area contributed by atoms with Crippen LogP contribution in [0.2, 0.25) is 5.15 Å². The van der Waals surface area contributed by atoms with Gasteiger partial charge in [0.15, 0.2) is 15.0 Å². The second kappa shape index (κ2) is 7.02. The van der Waals surface area contributed by atoms with Gasteiger partial charge in [0.2, 0.25) is 0 Å². The highest BCUT2D eigenvalue weighted by Gasteiger charge is 2.14. The molecule has 130 valence electrons. The summed E-state index contributed by atoms with van der Waals surface area (Å²) in [6, 6.07) is 16.7. The zero-order valence-corrected chi connectivity index (χ0v) is 15.7. The Labute approximate surface area is 153 Å². The number of aryl methyl sites for hydroxylation is 1. The third-order valence-corrected chi connectivity index (χ3v) is 5.31. The fourth-order valence-corrected chi connectivity index (χ4v) is 3.62. The van der Waals surface area contributed by atoms with E-state index in [-0.39, 0.29) is 0 Å². The molecule has 0 aliphatic carbocycles. The first-order chi connectivity index (χ1) is 11.9. The SMILES string of the molecule is CCCc1ccccc1-n1nc(Cl)cc1-c1ccc(S(C)(=O)=O)cc1. The van der Waals surface area contributed by atoms with Gasteiger partial charge in [0, 0.05) is 17.9 Å². The third kappa shape index (κ3) is 3.78. The van der Waals surface area contributed by atoms with Gasteiger partial charge in [-0.05, 0) is 30.2 Å². The Bertz CT molecular complexity index is 993. The maximum atomic E-state index is 11.7. The van der Waals surface area contributed by atoms with Crippen LogP contribution in [0.5, 0.6) is 0 Å². The molecule has 1 heterocycles. The van der Waals surface area contributed by atoms with E-state index in [1.807, 2.05) is 22.9 Å². The molecule has 2 aromatic carbocycles. The number of benzene rings is 2. The highest BCUT2D eigenvalue weighted by Crippen LogP contribution is 2.28. The van der Waals surface area contributed by atoms with Crippen LogP contribution >= 0.6 is 11.6 Å². The largest absolute Gasteiger partial charge is 0.231 e. The van der Waals surface area contributed by atoms with Gasteiger partial charge >= 0.3 is 0 Å². The summed E-state index contributed by atoms with van der Waals surface area (Å²) in [5.41, 5.74) is 3.86. The summed E-state index contributed by atoms with van der Waals surface area (Å²) in [7, 11) is -3.22. The van der Waals surface area contributed by atoms with Crippen LogP contribution in [0.4, 0.5) is 0 Å². The van der Waals surface area contributed by atoms with E-state index in [2.05, 4.69) is 18.1 Å². The van der Waals surface area contributed by atoms with Gasteiger partial charge < -0.3 is 0 Å². The first kappa shape index (κ1) is 17.7. The van der Waals surface area contributed by atoms with Crippen LogP contribution in [0.15, 0.2) is 59.5 Å². The lowest BCUT2D eigenvalue weighted by Gasteiger charge is -2.12. The molecule has 0 saturated heterocycles. The highest BCUT2D eigenvalue weighted by atomic mass is 35.5. The van der Waals surface area contributed by atoms with E-state index in [9.17, 15) is 8.42 Å². The highest BCUT2D eigenvalue weighted by molar-refractivity contribution is 7.90. The summed E-state index contributed by atoms with van der Waals surface area (Å²) in [6.07, 6.45) is 3.18. The molecule has 0 radical (unpaired) electrons. The molecule has 0 unspecified atom stereocenters. The normalized spacial score (nSPS) is 11.6. The lowest BCUT2D eigenvalue weighted by atomic mass is 10.1. The van der Waals surface area contributed by atoms with Crippen molar-refractivity contribution >= 4 is 21.4 Å². The van der Waals surface area contributed by atoms with E-state index in [4.69, 9.17) is 11.6 Å². The molecular formula is C19H19ClN2O2S. The van der Waals surface area contributed by atoms with Crippen LogP contribution < -0.4 is 0 Å². The fourth-order valence-electron chi connectivity index (χ4n) is 2.81.